The van der Waals surface area contributed by atoms with E-state index in [0.29, 0.717) is 6.54 Å². The van der Waals surface area contributed by atoms with Crippen LogP contribution in [0.3, 0.4) is 0 Å². The topological polar surface area (TPSA) is 40.6 Å². The summed E-state index contributed by atoms with van der Waals surface area (Å²) in [5, 5.41) is 8.53. The Balaban J connectivity index is 2.29. The Kier molecular flexibility index (Phi) is 2.70. The van der Waals surface area contributed by atoms with E-state index >= 15 is 0 Å². The lowest BCUT2D eigenvalue weighted by atomic mass is 10.1. The van der Waals surface area contributed by atoms with Crippen LogP contribution in [0.1, 0.15) is 0 Å². The van der Waals surface area contributed by atoms with Crippen molar-refractivity contribution in [1.82, 2.24) is 4.98 Å². The van der Waals surface area contributed by atoms with E-state index in [1.165, 1.54) is 0 Å². The number of rotatable bonds is 2. The van der Waals surface area contributed by atoms with Crippen molar-refractivity contribution >= 4 is 0 Å². The molecule has 0 aliphatic carbocycles. The van der Waals surface area contributed by atoms with Crippen LogP contribution in [0.5, 0.6) is 0 Å². The third kappa shape index (κ3) is 2.18. The van der Waals surface area contributed by atoms with Gasteiger partial charge in [-0.2, -0.15) is 9.83 Å². The van der Waals surface area contributed by atoms with Gasteiger partial charge < -0.3 is 0 Å². The van der Waals surface area contributed by atoms with Gasteiger partial charge in [-0.05, 0) is 23.3 Å². The van der Waals surface area contributed by atoms with Crippen molar-refractivity contribution < 1.29 is 4.57 Å². The van der Waals surface area contributed by atoms with E-state index in [4.69, 9.17) is 5.26 Å². The fourth-order valence-corrected chi connectivity index (χ4v) is 1.38. The summed E-state index contributed by atoms with van der Waals surface area (Å²) in [5.74, 6) is 0. The minimum absolute atomic E-state index is 0.386. The molecular formula is C12H10N3+. The van der Waals surface area contributed by atoms with E-state index in [0.717, 1.165) is 11.1 Å². The monoisotopic (exact) mass is 196 g/mol. The zero-order valence-corrected chi connectivity index (χ0v) is 8.17. The number of aromatic nitrogens is 2. The van der Waals surface area contributed by atoms with Crippen molar-refractivity contribution in [1.29, 1.82) is 5.26 Å². The average molecular weight is 196 g/mol. The molecule has 2 rings (SSSR count). The second kappa shape index (κ2) is 4.34. The molecule has 0 fully saturated rings. The van der Waals surface area contributed by atoms with E-state index in [1.54, 1.807) is 12.4 Å². The molecule has 0 bridgehead atoms. The lowest BCUT2D eigenvalue weighted by molar-refractivity contribution is -0.685. The number of hydrogen-bond donors (Lipinski definition) is 0. The quantitative estimate of drug-likeness (QED) is 0.684. The summed E-state index contributed by atoms with van der Waals surface area (Å²) >= 11 is 0. The minimum atomic E-state index is 0.386. The molecule has 0 saturated heterocycles. The maximum Gasteiger partial charge on any atom is 0.233 e. The molecule has 0 unspecified atom stereocenters. The number of nitriles is 1. The van der Waals surface area contributed by atoms with Gasteiger partial charge in [-0.3, -0.25) is 4.98 Å². The van der Waals surface area contributed by atoms with E-state index in [9.17, 15) is 0 Å². The van der Waals surface area contributed by atoms with Gasteiger partial charge in [0.25, 0.3) is 0 Å². The third-order valence-electron chi connectivity index (χ3n) is 2.16. The smallest absolute Gasteiger partial charge is 0.233 e. The Morgan fingerprint density at radius 3 is 2.27 bits per heavy atom. The van der Waals surface area contributed by atoms with Crippen molar-refractivity contribution in [3.63, 3.8) is 0 Å². The fourth-order valence-electron chi connectivity index (χ4n) is 1.38. The van der Waals surface area contributed by atoms with Crippen LogP contribution in [0.15, 0.2) is 49.1 Å². The molecule has 2 aromatic heterocycles. The average Bonchev–Trinajstić information content (AvgIpc) is 2.32. The molecule has 0 saturated carbocycles. The van der Waals surface area contributed by atoms with Gasteiger partial charge >= 0.3 is 0 Å². The summed E-state index contributed by atoms with van der Waals surface area (Å²) < 4.78 is 1.84. The molecule has 3 nitrogen and oxygen atoms in total. The molecule has 3 heteroatoms. The first-order valence-electron chi connectivity index (χ1n) is 4.66. The Morgan fingerprint density at radius 1 is 1.07 bits per heavy atom. The molecule has 0 aromatic carbocycles. The summed E-state index contributed by atoms with van der Waals surface area (Å²) in [4.78, 5) is 3.97. The highest BCUT2D eigenvalue weighted by Crippen LogP contribution is 2.15. The molecule has 0 N–H and O–H groups in total. The highest BCUT2D eigenvalue weighted by molar-refractivity contribution is 5.61. The summed E-state index contributed by atoms with van der Waals surface area (Å²) in [6.45, 7) is 0.386. The fraction of sp³-hybridized carbons (Fsp3) is 0.0833. The molecular weight excluding hydrogens is 186 g/mol. The van der Waals surface area contributed by atoms with Crippen molar-refractivity contribution in [3.05, 3.63) is 49.1 Å². The molecule has 0 aliphatic heterocycles. The van der Waals surface area contributed by atoms with Crippen LogP contribution in [0.25, 0.3) is 11.1 Å². The van der Waals surface area contributed by atoms with Gasteiger partial charge in [-0.15, -0.1) is 0 Å². The van der Waals surface area contributed by atoms with Crippen molar-refractivity contribution in [2.45, 2.75) is 6.54 Å². The summed E-state index contributed by atoms with van der Waals surface area (Å²) in [6, 6.07) is 10.0. The zero-order valence-electron chi connectivity index (χ0n) is 8.17. The normalized spacial score (nSPS) is 9.53. The first-order valence-corrected chi connectivity index (χ1v) is 4.66. The van der Waals surface area contributed by atoms with Crippen molar-refractivity contribution in [2.75, 3.05) is 0 Å². The predicted octanol–water partition coefficient (Wildman–Crippen LogP) is 1.56. The zero-order chi connectivity index (χ0) is 10.5. The van der Waals surface area contributed by atoms with E-state index in [1.807, 2.05) is 41.2 Å². The Hall–Kier alpha value is -2.21. The second-order valence-corrected chi connectivity index (χ2v) is 3.15. The molecule has 2 heterocycles. The van der Waals surface area contributed by atoms with Crippen LogP contribution in [0, 0.1) is 11.3 Å². The van der Waals surface area contributed by atoms with Gasteiger partial charge in [0.1, 0.15) is 6.07 Å². The van der Waals surface area contributed by atoms with Crippen LogP contribution in [0.2, 0.25) is 0 Å². The third-order valence-corrected chi connectivity index (χ3v) is 2.16. The summed E-state index contributed by atoms with van der Waals surface area (Å²) in [6.07, 6.45) is 7.34. The molecule has 0 aliphatic rings. The summed E-state index contributed by atoms with van der Waals surface area (Å²) in [5.41, 5.74) is 2.26. The van der Waals surface area contributed by atoms with Crippen molar-refractivity contribution in [3.8, 4) is 17.2 Å². The molecule has 2 aromatic rings. The first-order chi connectivity index (χ1) is 7.40. The highest BCUT2D eigenvalue weighted by Gasteiger charge is 2.00. The van der Waals surface area contributed by atoms with E-state index in [-0.39, 0.29) is 0 Å². The predicted molar refractivity (Wildman–Crippen MR) is 55.5 cm³/mol. The van der Waals surface area contributed by atoms with Crippen LogP contribution in [0.4, 0.5) is 0 Å². The van der Waals surface area contributed by atoms with Crippen LogP contribution in [-0.4, -0.2) is 4.98 Å². The van der Waals surface area contributed by atoms with Crippen molar-refractivity contribution in [2.24, 2.45) is 0 Å². The number of nitrogens with zero attached hydrogens (tertiary/aromatic N) is 3. The first kappa shape index (κ1) is 9.35. The maximum atomic E-state index is 8.53. The highest BCUT2D eigenvalue weighted by atomic mass is 14.9. The standard InChI is InChI=1S/C12H10N3/c13-5-10-15-8-3-12(4-9-15)11-1-6-14-7-2-11/h1-4,6-9H,10H2/q+1. The van der Waals surface area contributed by atoms with E-state index in [2.05, 4.69) is 11.1 Å². The van der Waals surface area contributed by atoms with Gasteiger partial charge in [-0.25, -0.2) is 0 Å². The summed E-state index contributed by atoms with van der Waals surface area (Å²) in [7, 11) is 0. The lowest BCUT2D eigenvalue weighted by Gasteiger charge is -1.98. The molecule has 0 atom stereocenters. The SMILES string of the molecule is N#CC[n+]1ccc(-c2ccncc2)cc1. The van der Waals surface area contributed by atoms with Gasteiger partial charge in [0.2, 0.25) is 6.54 Å². The van der Waals surface area contributed by atoms with Crippen LogP contribution < -0.4 is 4.57 Å². The Morgan fingerprint density at radius 2 is 1.67 bits per heavy atom. The van der Waals surface area contributed by atoms with Gasteiger partial charge in [0, 0.05) is 24.5 Å². The Bertz CT molecular complexity index is 468. The Labute approximate surface area is 88.3 Å². The molecule has 72 valence electrons. The number of pyridine rings is 2. The van der Waals surface area contributed by atoms with Gasteiger partial charge in [0.15, 0.2) is 12.4 Å². The van der Waals surface area contributed by atoms with Gasteiger partial charge in [0.05, 0.1) is 0 Å². The molecule has 0 amide bonds. The largest absolute Gasteiger partial charge is 0.265 e. The molecule has 0 spiro atoms. The lowest BCUT2D eigenvalue weighted by Crippen LogP contribution is -2.31. The second-order valence-electron chi connectivity index (χ2n) is 3.15. The number of hydrogen-bond acceptors (Lipinski definition) is 2. The van der Waals surface area contributed by atoms with E-state index < -0.39 is 0 Å². The van der Waals surface area contributed by atoms with Crippen LogP contribution >= 0.6 is 0 Å². The molecule has 0 radical (unpaired) electrons. The maximum absolute atomic E-state index is 8.53. The van der Waals surface area contributed by atoms with Crippen LogP contribution in [-0.2, 0) is 6.54 Å². The molecule has 15 heavy (non-hydrogen) atoms. The van der Waals surface area contributed by atoms with Gasteiger partial charge in [-0.1, -0.05) is 0 Å². The minimum Gasteiger partial charge on any atom is -0.265 e.